The lowest BCUT2D eigenvalue weighted by molar-refractivity contribution is -0.138. The van der Waals surface area contributed by atoms with Gasteiger partial charge in [0.05, 0.1) is 17.7 Å². The van der Waals surface area contributed by atoms with Crippen LogP contribution in [0, 0.1) is 11.8 Å². The molecule has 0 saturated carbocycles. The topological polar surface area (TPSA) is 46.5 Å². The van der Waals surface area contributed by atoms with Crippen LogP contribution < -0.4 is 0 Å². The van der Waals surface area contributed by atoms with E-state index in [0.29, 0.717) is 6.07 Å². The molecule has 1 aromatic rings. The monoisotopic (exact) mass is 258 g/mol. The summed E-state index contributed by atoms with van der Waals surface area (Å²) < 4.78 is 41.4. The quantitative estimate of drug-likeness (QED) is 0.621. The maximum absolute atomic E-state index is 12.3. The molecule has 96 valence electrons. The third kappa shape index (κ3) is 3.70. The Labute approximate surface area is 101 Å². The predicted molar refractivity (Wildman–Crippen MR) is 56.6 cm³/mol. The van der Waals surface area contributed by atoms with E-state index >= 15 is 0 Å². The van der Waals surface area contributed by atoms with Crippen LogP contribution in [-0.4, -0.2) is 17.7 Å². The number of alkyl halides is 3. The average Bonchev–Trinajstić information content (AvgIpc) is 2.26. The lowest BCUT2D eigenvalue weighted by Crippen LogP contribution is -2.04. The molecule has 0 amide bonds. The van der Waals surface area contributed by atoms with Crippen LogP contribution in [0.5, 0.6) is 5.75 Å². The Kier molecular flexibility index (Phi) is 4.21. The van der Waals surface area contributed by atoms with Crippen molar-refractivity contribution >= 4 is 5.97 Å². The van der Waals surface area contributed by atoms with E-state index in [2.05, 4.69) is 10.7 Å². The number of carbonyl (C=O) groups excluding carboxylic acids is 1. The summed E-state index contributed by atoms with van der Waals surface area (Å²) in [5, 5.41) is 9.34. The van der Waals surface area contributed by atoms with Gasteiger partial charge in [-0.1, -0.05) is 5.92 Å². The number of hydrogen-bond acceptors (Lipinski definition) is 3. The second-order valence-corrected chi connectivity index (χ2v) is 3.20. The third-order valence-corrected chi connectivity index (χ3v) is 1.90. The smallest absolute Gasteiger partial charge is 0.416 e. The zero-order valence-corrected chi connectivity index (χ0v) is 9.34. The Bertz CT molecular complexity index is 510. The molecule has 0 aliphatic heterocycles. The van der Waals surface area contributed by atoms with Crippen molar-refractivity contribution in [1.82, 2.24) is 0 Å². The minimum absolute atomic E-state index is 0.0731. The largest absolute Gasteiger partial charge is 0.507 e. The van der Waals surface area contributed by atoms with Gasteiger partial charge in [-0.3, -0.25) is 0 Å². The predicted octanol–water partition coefficient (Wildman–Crippen LogP) is 2.33. The number of benzene rings is 1. The van der Waals surface area contributed by atoms with Crippen molar-refractivity contribution < 1.29 is 27.8 Å². The normalized spacial score (nSPS) is 10.4. The lowest BCUT2D eigenvalue weighted by Gasteiger charge is -2.07. The Morgan fingerprint density at radius 1 is 1.44 bits per heavy atom. The molecule has 3 nitrogen and oxygen atoms in total. The van der Waals surface area contributed by atoms with Crippen molar-refractivity contribution in [1.29, 1.82) is 0 Å². The second kappa shape index (κ2) is 5.45. The fraction of sp³-hybridized carbons (Fsp3) is 0.250. The number of rotatable bonds is 1. The zero-order valence-electron chi connectivity index (χ0n) is 9.34. The van der Waals surface area contributed by atoms with Crippen LogP contribution in [-0.2, 0) is 15.7 Å². The number of phenolic OH excluding ortho intramolecular Hbond substituents is 1. The molecular weight excluding hydrogens is 249 g/mol. The zero-order chi connectivity index (χ0) is 13.8. The van der Waals surface area contributed by atoms with E-state index in [-0.39, 0.29) is 12.2 Å². The number of phenols is 1. The second-order valence-electron chi connectivity index (χ2n) is 3.20. The summed E-state index contributed by atoms with van der Waals surface area (Å²) in [5.41, 5.74) is -1.06. The molecule has 0 atom stereocenters. The van der Waals surface area contributed by atoms with E-state index in [1.54, 1.807) is 6.92 Å². The molecule has 0 aromatic heterocycles. The first kappa shape index (κ1) is 13.9. The summed E-state index contributed by atoms with van der Waals surface area (Å²) >= 11 is 0. The molecule has 6 heteroatoms. The highest BCUT2D eigenvalue weighted by atomic mass is 19.4. The van der Waals surface area contributed by atoms with Crippen molar-refractivity contribution in [2.45, 2.75) is 13.1 Å². The van der Waals surface area contributed by atoms with Crippen molar-refractivity contribution in [3.8, 4) is 17.6 Å². The van der Waals surface area contributed by atoms with E-state index in [1.807, 2.05) is 5.92 Å². The van der Waals surface area contributed by atoms with Crippen molar-refractivity contribution in [2.75, 3.05) is 6.61 Å². The van der Waals surface area contributed by atoms with Crippen molar-refractivity contribution in [2.24, 2.45) is 0 Å². The molecule has 1 rings (SSSR count). The number of halogens is 3. The third-order valence-electron chi connectivity index (χ3n) is 1.90. The first-order chi connectivity index (χ1) is 8.34. The van der Waals surface area contributed by atoms with Crippen LogP contribution in [0.4, 0.5) is 13.2 Å². The molecule has 0 fully saturated rings. The van der Waals surface area contributed by atoms with Gasteiger partial charge in [-0.05, 0) is 25.1 Å². The minimum Gasteiger partial charge on any atom is -0.507 e. The van der Waals surface area contributed by atoms with E-state index in [9.17, 15) is 23.1 Å². The average molecular weight is 258 g/mol. The van der Waals surface area contributed by atoms with Crippen LogP contribution in [0.25, 0.3) is 0 Å². The SMILES string of the molecule is CCOC(=O)C#Cc1ccc(C(F)(F)F)cc1O. The minimum atomic E-state index is -4.54. The van der Waals surface area contributed by atoms with Crippen molar-refractivity contribution in [3.05, 3.63) is 29.3 Å². The van der Waals surface area contributed by atoms with E-state index in [0.717, 1.165) is 12.1 Å². The molecule has 0 saturated heterocycles. The van der Waals surface area contributed by atoms with Gasteiger partial charge >= 0.3 is 12.1 Å². The highest BCUT2D eigenvalue weighted by Gasteiger charge is 2.30. The van der Waals surface area contributed by atoms with Crippen LogP contribution >= 0.6 is 0 Å². The molecule has 0 bridgehead atoms. The summed E-state index contributed by atoms with van der Waals surface area (Å²) in [6, 6.07) is 2.31. The Hall–Kier alpha value is -2.16. The van der Waals surface area contributed by atoms with Gasteiger partial charge in [0.1, 0.15) is 5.75 Å². The first-order valence-corrected chi connectivity index (χ1v) is 4.93. The van der Waals surface area contributed by atoms with Crippen LogP contribution in [0.1, 0.15) is 18.1 Å². The van der Waals surface area contributed by atoms with Gasteiger partial charge in [-0.15, -0.1) is 0 Å². The van der Waals surface area contributed by atoms with Gasteiger partial charge in [0.15, 0.2) is 0 Å². The summed E-state index contributed by atoms with van der Waals surface area (Å²) in [7, 11) is 0. The van der Waals surface area contributed by atoms with E-state index < -0.39 is 23.5 Å². The van der Waals surface area contributed by atoms with Gasteiger partial charge in [0, 0.05) is 5.92 Å². The number of carbonyl (C=O) groups is 1. The Morgan fingerprint density at radius 2 is 2.11 bits per heavy atom. The fourth-order valence-corrected chi connectivity index (χ4v) is 1.10. The highest BCUT2D eigenvalue weighted by molar-refractivity contribution is 5.89. The van der Waals surface area contributed by atoms with Gasteiger partial charge in [-0.2, -0.15) is 13.2 Å². The standard InChI is InChI=1S/C12H9F3O3/c1-2-18-11(17)6-4-8-3-5-9(7-10(8)16)12(13,14)15/h3,5,7,16H,2H2,1H3. The van der Waals surface area contributed by atoms with Gasteiger partial charge in [0.25, 0.3) is 0 Å². The maximum Gasteiger partial charge on any atom is 0.416 e. The van der Waals surface area contributed by atoms with Crippen LogP contribution in [0.2, 0.25) is 0 Å². The summed E-state index contributed by atoms with van der Waals surface area (Å²) in [6.07, 6.45) is -4.54. The molecule has 0 unspecified atom stereocenters. The summed E-state index contributed by atoms with van der Waals surface area (Å²) in [4.78, 5) is 10.9. The molecule has 1 N–H and O–H groups in total. The fourth-order valence-electron chi connectivity index (χ4n) is 1.10. The summed E-state index contributed by atoms with van der Waals surface area (Å²) in [6.45, 7) is 1.74. The van der Waals surface area contributed by atoms with E-state index in [4.69, 9.17) is 0 Å². The Morgan fingerprint density at radius 3 is 2.61 bits per heavy atom. The molecular formula is C12H9F3O3. The lowest BCUT2D eigenvalue weighted by atomic mass is 10.1. The first-order valence-electron chi connectivity index (χ1n) is 4.93. The highest BCUT2D eigenvalue weighted by Crippen LogP contribution is 2.32. The van der Waals surface area contributed by atoms with Gasteiger partial charge in [0.2, 0.25) is 0 Å². The molecule has 0 heterocycles. The molecule has 1 aromatic carbocycles. The van der Waals surface area contributed by atoms with E-state index in [1.165, 1.54) is 0 Å². The van der Waals surface area contributed by atoms with Gasteiger partial charge in [-0.25, -0.2) is 4.79 Å². The summed E-state index contributed by atoms with van der Waals surface area (Å²) in [5.74, 6) is 2.83. The van der Waals surface area contributed by atoms with Crippen molar-refractivity contribution in [3.63, 3.8) is 0 Å². The van der Waals surface area contributed by atoms with Gasteiger partial charge < -0.3 is 9.84 Å². The molecule has 18 heavy (non-hydrogen) atoms. The van der Waals surface area contributed by atoms with Crippen LogP contribution in [0.15, 0.2) is 18.2 Å². The van der Waals surface area contributed by atoms with Crippen LogP contribution in [0.3, 0.4) is 0 Å². The number of ether oxygens (including phenoxy) is 1. The number of esters is 1. The molecule has 0 aliphatic carbocycles. The molecule has 0 spiro atoms. The Balaban J connectivity index is 2.97. The number of aromatic hydroxyl groups is 1. The maximum atomic E-state index is 12.3. The molecule has 0 radical (unpaired) electrons. The number of hydrogen-bond donors (Lipinski definition) is 1. The molecule has 0 aliphatic rings.